The van der Waals surface area contributed by atoms with Crippen LogP contribution < -0.4 is 4.74 Å². The van der Waals surface area contributed by atoms with Crippen molar-refractivity contribution in [2.75, 3.05) is 20.1 Å². The van der Waals surface area contributed by atoms with E-state index >= 15 is 0 Å². The summed E-state index contributed by atoms with van der Waals surface area (Å²) in [6, 6.07) is 11.4. The lowest BCUT2D eigenvalue weighted by Gasteiger charge is -2.35. The Labute approximate surface area is 179 Å². The number of nitrogens with zero attached hydrogens (tertiary/aromatic N) is 6. The summed E-state index contributed by atoms with van der Waals surface area (Å²) in [4.78, 5) is 23.7. The minimum Gasteiger partial charge on any atom is -0.472 e. The summed E-state index contributed by atoms with van der Waals surface area (Å²) in [5.74, 6) is 0.471. The van der Waals surface area contributed by atoms with Crippen LogP contribution in [0.4, 0.5) is 0 Å². The molecular weight excluding hydrogens is 392 g/mol. The predicted molar refractivity (Wildman–Crippen MR) is 116 cm³/mol. The van der Waals surface area contributed by atoms with Crippen molar-refractivity contribution in [2.45, 2.75) is 12.5 Å². The standard InChI is InChI=1S/C23H22N6O2/c1-28-12-20(13-28)31-23-9-16(5-6-24-23)22(30)10-19-8-18-7-15(3-4-17(18)11-25-19)21-14-29(2)27-26-21/h3-9,11,14,20H,10,12-13H2,1-2H3. The second-order valence-electron chi connectivity index (χ2n) is 7.96. The molecule has 4 aromatic rings. The van der Waals surface area contributed by atoms with Crippen molar-refractivity contribution in [2.24, 2.45) is 7.05 Å². The molecule has 156 valence electrons. The summed E-state index contributed by atoms with van der Waals surface area (Å²) in [6.07, 6.45) is 5.63. The van der Waals surface area contributed by atoms with Gasteiger partial charge in [0.1, 0.15) is 11.8 Å². The van der Waals surface area contributed by atoms with Gasteiger partial charge in [-0.2, -0.15) is 0 Å². The first-order valence-electron chi connectivity index (χ1n) is 10.1. The van der Waals surface area contributed by atoms with E-state index in [1.807, 2.05) is 44.6 Å². The Morgan fingerprint density at radius 1 is 1.10 bits per heavy atom. The van der Waals surface area contributed by atoms with Crippen molar-refractivity contribution < 1.29 is 9.53 Å². The molecule has 3 aromatic heterocycles. The van der Waals surface area contributed by atoms with Crippen molar-refractivity contribution in [1.29, 1.82) is 0 Å². The summed E-state index contributed by atoms with van der Waals surface area (Å²) >= 11 is 0. The number of fused-ring (bicyclic) bond motifs is 1. The number of carbonyl (C=O) groups excluding carboxylic acids is 1. The van der Waals surface area contributed by atoms with Crippen LogP contribution in [0.3, 0.4) is 0 Å². The van der Waals surface area contributed by atoms with Gasteiger partial charge in [0.25, 0.3) is 0 Å². The zero-order valence-electron chi connectivity index (χ0n) is 17.4. The zero-order valence-corrected chi connectivity index (χ0v) is 17.4. The van der Waals surface area contributed by atoms with Crippen molar-refractivity contribution in [3.05, 3.63) is 66.2 Å². The summed E-state index contributed by atoms with van der Waals surface area (Å²) < 4.78 is 7.52. The lowest BCUT2D eigenvalue weighted by molar-refractivity contribution is 0.0355. The topological polar surface area (TPSA) is 86.0 Å². The Bertz CT molecular complexity index is 1260. The summed E-state index contributed by atoms with van der Waals surface area (Å²) in [5, 5.41) is 10.2. The minimum atomic E-state index is -0.0186. The van der Waals surface area contributed by atoms with Crippen LogP contribution in [0, 0.1) is 0 Å². The monoisotopic (exact) mass is 414 g/mol. The first-order valence-corrected chi connectivity index (χ1v) is 10.1. The Kier molecular flexibility index (Phi) is 4.91. The zero-order chi connectivity index (χ0) is 21.4. The summed E-state index contributed by atoms with van der Waals surface area (Å²) in [7, 11) is 3.88. The molecule has 0 N–H and O–H groups in total. The molecule has 8 nitrogen and oxygen atoms in total. The number of hydrogen-bond acceptors (Lipinski definition) is 7. The van der Waals surface area contributed by atoms with Gasteiger partial charge in [-0.15, -0.1) is 5.10 Å². The Balaban J connectivity index is 1.34. The highest BCUT2D eigenvalue weighted by Crippen LogP contribution is 2.23. The predicted octanol–water partition coefficient (Wildman–Crippen LogP) is 2.54. The van der Waals surface area contributed by atoms with Crippen LogP contribution in [-0.4, -0.2) is 61.9 Å². The number of likely N-dealkylation sites (N-methyl/N-ethyl adjacent to an activating group) is 1. The Morgan fingerprint density at radius 2 is 1.97 bits per heavy atom. The van der Waals surface area contributed by atoms with Gasteiger partial charge < -0.3 is 4.74 Å². The maximum atomic E-state index is 12.9. The molecule has 0 atom stereocenters. The van der Waals surface area contributed by atoms with Crippen LogP contribution in [-0.2, 0) is 13.5 Å². The van der Waals surface area contributed by atoms with Crippen LogP contribution in [0.5, 0.6) is 5.88 Å². The summed E-state index contributed by atoms with van der Waals surface area (Å²) in [5.41, 5.74) is 3.07. The van der Waals surface area contributed by atoms with Gasteiger partial charge in [-0.3, -0.25) is 19.4 Å². The van der Waals surface area contributed by atoms with Crippen molar-refractivity contribution in [3.8, 4) is 17.1 Å². The fourth-order valence-electron chi connectivity index (χ4n) is 3.72. The molecule has 0 bridgehead atoms. The van der Waals surface area contributed by atoms with E-state index in [1.54, 1.807) is 29.2 Å². The third-order valence-corrected chi connectivity index (χ3v) is 5.39. The molecule has 0 aliphatic carbocycles. The number of Topliss-reactive ketones (excluding diaryl/α,β-unsaturated/α-hetero) is 1. The molecule has 5 rings (SSSR count). The fraction of sp³-hybridized carbons (Fsp3) is 0.261. The van der Waals surface area contributed by atoms with E-state index in [9.17, 15) is 4.79 Å². The number of likely N-dealkylation sites (tertiary alicyclic amines) is 1. The molecule has 1 aliphatic rings. The molecule has 0 spiro atoms. The minimum absolute atomic E-state index is 0.0186. The highest BCUT2D eigenvalue weighted by Gasteiger charge is 2.25. The lowest BCUT2D eigenvalue weighted by Crippen LogP contribution is -2.51. The van der Waals surface area contributed by atoms with E-state index in [-0.39, 0.29) is 18.3 Å². The van der Waals surface area contributed by atoms with Crippen molar-refractivity contribution in [3.63, 3.8) is 0 Å². The number of aryl methyl sites for hydroxylation is 1. The molecule has 1 aliphatic heterocycles. The van der Waals surface area contributed by atoms with Gasteiger partial charge in [0.2, 0.25) is 5.88 Å². The van der Waals surface area contributed by atoms with E-state index in [0.29, 0.717) is 17.1 Å². The number of benzene rings is 1. The molecule has 0 radical (unpaired) electrons. The highest BCUT2D eigenvalue weighted by atomic mass is 16.5. The van der Waals surface area contributed by atoms with Crippen molar-refractivity contribution >= 4 is 16.6 Å². The Morgan fingerprint density at radius 3 is 2.74 bits per heavy atom. The number of aromatic nitrogens is 5. The quantitative estimate of drug-likeness (QED) is 0.448. The van der Waals surface area contributed by atoms with E-state index < -0.39 is 0 Å². The molecule has 8 heteroatoms. The van der Waals surface area contributed by atoms with E-state index in [4.69, 9.17) is 4.74 Å². The first kappa shape index (κ1) is 19.3. The molecule has 1 saturated heterocycles. The van der Waals surface area contributed by atoms with Crippen LogP contribution >= 0.6 is 0 Å². The van der Waals surface area contributed by atoms with E-state index in [2.05, 4.69) is 25.2 Å². The SMILES string of the molecule is CN1CC(Oc2cc(C(=O)Cc3cc4cc(-c5cn(C)nn5)ccc4cn3)ccn2)C1. The normalized spacial score (nSPS) is 14.5. The van der Waals surface area contributed by atoms with Crippen LogP contribution in [0.15, 0.2) is 55.0 Å². The second-order valence-corrected chi connectivity index (χ2v) is 7.96. The number of hydrogen-bond donors (Lipinski definition) is 0. The molecule has 0 amide bonds. The Hall–Kier alpha value is -3.65. The maximum Gasteiger partial charge on any atom is 0.214 e. The van der Waals surface area contributed by atoms with Crippen LogP contribution in [0.25, 0.3) is 22.0 Å². The van der Waals surface area contributed by atoms with Gasteiger partial charge in [-0.05, 0) is 30.6 Å². The highest BCUT2D eigenvalue weighted by molar-refractivity contribution is 5.98. The van der Waals surface area contributed by atoms with Gasteiger partial charge >= 0.3 is 0 Å². The summed E-state index contributed by atoms with van der Waals surface area (Å²) in [6.45, 7) is 1.74. The number of rotatable bonds is 6. The number of carbonyl (C=O) groups is 1. The molecule has 4 heterocycles. The number of pyridine rings is 2. The van der Waals surface area contributed by atoms with Crippen molar-refractivity contribution in [1.82, 2.24) is 29.9 Å². The van der Waals surface area contributed by atoms with Crippen LogP contribution in [0.2, 0.25) is 0 Å². The average Bonchev–Trinajstić information content (AvgIpc) is 3.19. The first-order chi connectivity index (χ1) is 15.0. The second kappa shape index (κ2) is 7.88. The largest absolute Gasteiger partial charge is 0.472 e. The van der Waals surface area contributed by atoms with E-state index in [0.717, 1.165) is 35.1 Å². The average molecular weight is 414 g/mol. The number of ketones is 1. The molecule has 1 fully saturated rings. The third kappa shape index (κ3) is 4.15. The van der Waals surface area contributed by atoms with Crippen LogP contribution in [0.1, 0.15) is 16.1 Å². The van der Waals surface area contributed by atoms with Gasteiger partial charge in [0, 0.05) is 60.8 Å². The smallest absolute Gasteiger partial charge is 0.214 e. The molecular formula is C23H22N6O2. The fourth-order valence-corrected chi connectivity index (χ4v) is 3.72. The van der Waals surface area contributed by atoms with Gasteiger partial charge in [-0.25, -0.2) is 4.98 Å². The van der Waals surface area contributed by atoms with Gasteiger partial charge in [0.15, 0.2) is 5.78 Å². The number of ether oxygens (including phenoxy) is 1. The van der Waals surface area contributed by atoms with Gasteiger partial charge in [0.05, 0.1) is 12.6 Å². The maximum absolute atomic E-state index is 12.9. The molecule has 31 heavy (non-hydrogen) atoms. The molecule has 0 saturated carbocycles. The van der Waals surface area contributed by atoms with E-state index in [1.165, 1.54) is 0 Å². The third-order valence-electron chi connectivity index (χ3n) is 5.39. The molecule has 1 aromatic carbocycles. The van der Waals surface area contributed by atoms with Gasteiger partial charge in [-0.1, -0.05) is 17.3 Å². The molecule has 0 unspecified atom stereocenters. The lowest BCUT2D eigenvalue weighted by atomic mass is 10.0.